The Morgan fingerprint density at radius 1 is 1.32 bits per heavy atom. The van der Waals surface area contributed by atoms with E-state index in [1.54, 1.807) is 13.8 Å². The highest BCUT2D eigenvalue weighted by Gasteiger charge is 2.19. The van der Waals surface area contributed by atoms with Gasteiger partial charge in [0.1, 0.15) is 5.82 Å². The van der Waals surface area contributed by atoms with Gasteiger partial charge in [-0.15, -0.1) is 0 Å². The van der Waals surface area contributed by atoms with Crippen LogP contribution in [0.15, 0.2) is 12.1 Å². The van der Waals surface area contributed by atoms with Gasteiger partial charge in [-0.3, -0.25) is 9.59 Å². The standard InChI is InChI=1S/C14H19F2N3O3/c1-7(2)12(17)14(21)18-6-11(20)19-10-5-8(15)4-9(16)13(10)22-3/h4-5,7,12H,6,17H2,1-3H3,(H,18,21)(H,19,20)/t12-/m0/s1. The molecule has 0 aliphatic rings. The number of hydrogen-bond donors (Lipinski definition) is 3. The van der Waals surface area contributed by atoms with Crippen LogP contribution in [0, 0.1) is 17.6 Å². The van der Waals surface area contributed by atoms with E-state index in [-0.39, 0.29) is 23.9 Å². The second kappa shape index (κ2) is 7.69. The molecule has 122 valence electrons. The van der Waals surface area contributed by atoms with Crippen LogP contribution in [0.1, 0.15) is 13.8 Å². The first-order chi connectivity index (χ1) is 10.3. The number of carbonyl (C=O) groups excluding carboxylic acids is 2. The van der Waals surface area contributed by atoms with Crippen LogP contribution in [-0.4, -0.2) is 31.5 Å². The predicted octanol–water partition coefficient (Wildman–Crippen LogP) is 1.01. The molecule has 0 saturated carbocycles. The Bertz CT molecular complexity index is 565. The zero-order valence-corrected chi connectivity index (χ0v) is 12.6. The first-order valence-electron chi connectivity index (χ1n) is 6.62. The number of benzene rings is 1. The Balaban J connectivity index is 2.68. The van der Waals surface area contributed by atoms with E-state index in [9.17, 15) is 18.4 Å². The maximum Gasteiger partial charge on any atom is 0.243 e. The molecule has 1 aromatic carbocycles. The third-order valence-electron chi connectivity index (χ3n) is 2.93. The van der Waals surface area contributed by atoms with Gasteiger partial charge in [0.2, 0.25) is 11.8 Å². The van der Waals surface area contributed by atoms with Gasteiger partial charge >= 0.3 is 0 Å². The van der Waals surface area contributed by atoms with Crippen LogP contribution in [0.3, 0.4) is 0 Å². The molecule has 2 amide bonds. The fourth-order valence-corrected chi connectivity index (χ4v) is 1.64. The highest BCUT2D eigenvalue weighted by Crippen LogP contribution is 2.28. The summed E-state index contributed by atoms with van der Waals surface area (Å²) in [6.45, 7) is 3.16. The van der Waals surface area contributed by atoms with E-state index < -0.39 is 29.5 Å². The fraction of sp³-hybridized carbons (Fsp3) is 0.429. The average molecular weight is 315 g/mol. The minimum absolute atomic E-state index is 0.0829. The van der Waals surface area contributed by atoms with Gasteiger partial charge in [-0.05, 0) is 5.92 Å². The summed E-state index contributed by atoms with van der Waals surface area (Å²) in [5, 5.41) is 4.61. The van der Waals surface area contributed by atoms with Crippen LogP contribution in [0.5, 0.6) is 5.75 Å². The molecule has 0 aliphatic heterocycles. The molecule has 0 radical (unpaired) electrons. The van der Waals surface area contributed by atoms with E-state index in [1.807, 2.05) is 0 Å². The number of ether oxygens (including phenoxy) is 1. The molecule has 0 bridgehead atoms. The highest BCUT2D eigenvalue weighted by atomic mass is 19.1. The number of hydrogen-bond acceptors (Lipinski definition) is 4. The van der Waals surface area contributed by atoms with Crippen molar-refractivity contribution in [3.8, 4) is 5.75 Å². The number of carbonyl (C=O) groups is 2. The Kier molecular flexibility index (Phi) is 6.24. The van der Waals surface area contributed by atoms with Crippen LogP contribution >= 0.6 is 0 Å². The average Bonchev–Trinajstić information content (AvgIpc) is 2.43. The summed E-state index contributed by atoms with van der Waals surface area (Å²) in [6.07, 6.45) is 0. The predicted molar refractivity (Wildman–Crippen MR) is 77.4 cm³/mol. The Hall–Kier alpha value is -2.22. The van der Waals surface area contributed by atoms with Crippen molar-refractivity contribution in [3.63, 3.8) is 0 Å². The summed E-state index contributed by atoms with van der Waals surface area (Å²) in [4.78, 5) is 23.3. The van der Waals surface area contributed by atoms with Crippen molar-refractivity contribution < 1.29 is 23.1 Å². The molecule has 0 fully saturated rings. The number of amides is 2. The van der Waals surface area contributed by atoms with Crippen LogP contribution in [-0.2, 0) is 9.59 Å². The summed E-state index contributed by atoms with van der Waals surface area (Å²) < 4.78 is 31.4. The van der Waals surface area contributed by atoms with Gasteiger partial charge in [-0.25, -0.2) is 8.78 Å². The van der Waals surface area contributed by atoms with E-state index in [1.165, 1.54) is 7.11 Å². The lowest BCUT2D eigenvalue weighted by Crippen LogP contribution is -2.46. The van der Waals surface area contributed by atoms with Crippen molar-refractivity contribution in [2.24, 2.45) is 11.7 Å². The zero-order chi connectivity index (χ0) is 16.9. The molecule has 1 aromatic rings. The van der Waals surface area contributed by atoms with Gasteiger partial charge in [-0.2, -0.15) is 0 Å². The molecule has 0 aromatic heterocycles. The second-order valence-corrected chi connectivity index (χ2v) is 5.00. The minimum Gasteiger partial charge on any atom is -0.492 e. The highest BCUT2D eigenvalue weighted by molar-refractivity contribution is 5.96. The first kappa shape index (κ1) is 17.8. The lowest BCUT2D eigenvalue weighted by Gasteiger charge is -2.15. The number of methoxy groups -OCH3 is 1. The van der Waals surface area contributed by atoms with Crippen molar-refractivity contribution in [1.82, 2.24) is 5.32 Å². The topological polar surface area (TPSA) is 93.5 Å². The van der Waals surface area contributed by atoms with Crippen LogP contribution in [0.25, 0.3) is 0 Å². The van der Waals surface area contributed by atoms with Gasteiger partial charge in [0.15, 0.2) is 11.6 Å². The van der Waals surface area contributed by atoms with Gasteiger partial charge < -0.3 is 21.1 Å². The summed E-state index contributed by atoms with van der Waals surface area (Å²) in [5.74, 6) is -3.32. The molecule has 1 atom stereocenters. The summed E-state index contributed by atoms with van der Waals surface area (Å²) in [5.41, 5.74) is 5.46. The number of rotatable bonds is 6. The Labute approximate surface area is 127 Å². The number of nitrogens with two attached hydrogens (primary N) is 1. The molecule has 8 heteroatoms. The number of halogens is 2. The molecule has 6 nitrogen and oxygen atoms in total. The molecule has 22 heavy (non-hydrogen) atoms. The molecule has 0 spiro atoms. The fourth-order valence-electron chi connectivity index (χ4n) is 1.64. The van der Waals surface area contributed by atoms with E-state index >= 15 is 0 Å². The van der Waals surface area contributed by atoms with Crippen molar-refractivity contribution >= 4 is 17.5 Å². The monoisotopic (exact) mass is 315 g/mol. The van der Waals surface area contributed by atoms with Gasteiger partial charge in [0, 0.05) is 12.1 Å². The van der Waals surface area contributed by atoms with Crippen molar-refractivity contribution in [2.45, 2.75) is 19.9 Å². The van der Waals surface area contributed by atoms with E-state index in [2.05, 4.69) is 10.6 Å². The quantitative estimate of drug-likeness (QED) is 0.730. The summed E-state index contributed by atoms with van der Waals surface area (Å²) >= 11 is 0. The maximum atomic E-state index is 13.5. The minimum atomic E-state index is -0.941. The van der Waals surface area contributed by atoms with Gasteiger partial charge in [0.25, 0.3) is 0 Å². The molecule has 4 N–H and O–H groups in total. The molecular weight excluding hydrogens is 296 g/mol. The molecule has 1 rings (SSSR count). The lowest BCUT2D eigenvalue weighted by molar-refractivity contribution is -0.125. The van der Waals surface area contributed by atoms with E-state index in [4.69, 9.17) is 10.5 Å². The molecule has 0 unspecified atom stereocenters. The maximum absolute atomic E-state index is 13.5. The van der Waals surface area contributed by atoms with Crippen LogP contribution in [0.4, 0.5) is 14.5 Å². The Morgan fingerprint density at radius 2 is 1.95 bits per heavy atom. The van der Waals surface area contributed by atoms with E-state index in [0.717, 1.165) is 6.07 Å². The molecule has 0 saturated heterocycles. The van der Waals surface area contributed by atoms with Crippen LogP contribution in [0.2, 0.25) is 0 Å². The lowest BCUT2D eigenvalue weighted by atomic mass is 10.1. The smallest absolute Gasteiger partial charge is 0.243 e. The third kappa shape index (κ3) is 4.66. The largest absolute Gasteiger partial charge is 0.492 e. The van der Waals surface area contributed by atoms with Crippen molar-refractivity contribution in [3.05, 3.63) is 23.8 Å². The number of anilines is 1. The second-order valence-electron chi connectivity index (χ2n) is 5.00. The third-order valence-corrected chi connectivity index (χ3v) is 2.93. The van der Waals surface area contributed by atoms with E-state index in [0.29, 0.717) is 6.07 Å². The zero-order valence-electron chi connectivity index (χ0n) is 12.6. The molecular formula is C14H19F2N3O3. The van der Waals surface area contributed by atoms with Gasteiger partial charge in [0.05, 0.1) is 25.4 Å². The normalized spacial score (nSPS) is 12.0. The Morgan fingerprint density at radius 3 is 2.50 bits per heavy atom. The summed E-state index contributed by atoms with van der Waals surface area (Å²) in [7, 11) is 1.19. The first-order valence-corrected chi connectivity index (χ1v) is 6.62. The van der Waals surface area contributed by atoms with Gasteiger partial charge in [-0.1, -0.05) is 13.8 Å². The molecule has 0 heterocycles. The molecule has 0 aliphatic carbocycles. The SMILES string of the molecule is COc1c(F)cc(F)cc1NC(=O)CNC(=O)[C@@H](N)C(C)C. The summed E-state index contributed by atoms with van der Waals surface area (Å²) in [6, 6.07) is 0.813. The van der Waals surface area contributed by atoms with Crippen molar-refractivity contribution in [2.75, 3.05) is 19.0 Å². The van der Waals surface area contributed by atoms with Crippen LogP contribution < -0.4 is 21.1 Å². The number of nitrogens with one attached hydrogen (secondary N) is 2. The van der Waals surface area contributed by atoms with Crippen molar-refractivity contribution in [1.29, 1.82) is 0 Å².